The molecule has 0 unspecified atom stereocenters. The molecule has 2 atom stereocenters. The summed E-state index contributed by atoms with van der Waals surface area (Å²) in [4.78, 5) is 52.1. The first-order chi connectivity index (χ1) is 15.9. The van der Waals surface area contributed by atoms with Gasteiger partial charge >= 0.3 is 12.1 Å². The molecule has 9 heteroatoms. The van der Waals surface area contributed by atoms with Crippen molar-refractivity contribution in [3.05, 3.63) is 35.9 Å². The molecule has 1 aromatic rings. The zero-order chi connectivity index (χ0) is 25.5. The normalized spacial score (nSPS) is 19.1. The SMILES string of the molecule is COC(=O)N1C(=O)CC[C@@]1(C(=O)N[C@H](CSCC(=O)OC(C)(C)C)CC(C)C)c1ccccc1. The van der Waals surface area contributed by atoms with Crippen LogP contribution in [0.1, 0.15) is 59.4 Å². The quantitative estimate of drug-likeness (QED) is 0.522. The van der Waals surface area contributed by atoms with Gasteiger partial charge in [0.1, 0.15) is 5.60 Å². The van der Waals surface area contributed by atoms with Gasteiger partial charge in [-0.2, -0.15) is 0 Å². The molecule has 0 aliphatic carbocycles. The third-order valence-corrected chi connectivity index (χ3v) is 6.44. The molecule has 1 aliphatic rings. The van der Waals surface area contributed by atoms with E-state index in [1.807, 2.05) is 40.7 Å². The molecule has 1 fully saturated rings. The van der Waals surface area contributed by atoms with Crippen LogP contribution in [0.4, 0.5) is 4.79 Å². The van der Waals surface area contributed by atoms with E-state index in [2.05, 4.69) is 5.32 Å². The molecule has 1 saturated heterocycles. The van der Waals surface area contributed by atoms with Crippen molar-refractivity contribution in [1.29, 1.82) is 0 Å². The first-order valence-electron chi connectivity index (χ1n) is 11.5. The number of amides is 3. The van der Waals surface area contributed by atoms with Crippen molar-refractivity contribution in [2.75, 3.05) is 18.6 Å². The lowest BCUT2D eigenvalue weighted by Gasteiger charge is -2.36. The lowest BCUT2D eigenvalue weighted by Crippen LogP contribution is -2.58. The molecule has 188 valence electrons. The van der Waals surface area contributed by atoms with Gasteiger partial charge in [-0.05, 0) is 45.1 Å². The summed E-state index contributed by atoms with van der Waals surface area (Å²) >= 11 is 1.38. The number of likely N-dealkylation sites (tertiary alicyclic amines) is 1. The van der Waals surface area contributed by atoms with Gasteiger partial charge < -0.3 is 14.8 Å². The fourth-order valence-electron chi connectivity index (χ4n) is 4.10. The lowest BCUT2D eigenvalue weighted by atomic mass is 9.85. The third kappa shape index (κ3) is 6.98. The summed E-state index contributed by atoms with van der Waals surface area (Å²) in [5.41, 5.74) is -1.50. The molecule has 34 heavy (non-hydrogen) atoms. The Bertz CT molecular complexity index is 883. The Morgan fingerprint density at radius 1 is 1.18 bits per heavy atom. The number of hydrogen-bond acceptors (Lipinski definition) is 7. The van der Waals surface area contributed by atoms with Crippen molar-refractivity contribution in [3.8, 4) is 0 Å². The molecular formula is C25H36N2O6S. The van der Waals surface area contributed by atoms with Crippen LogP contribution in [0.3, 0.4) is 0 Å². The smallest absolute Gasteiger partial charge is 0.417 e. The Balaban J connectivity index is 2.26. The van der Waals surface area contributed by atoms with Crippen LogP contribution < -0.4 is 5.32 Å². The van der Waals surface area contributed by atoms with Crippen LogP contribution in [0.2, 0.25) is 0 Å². The second-order valence-corrected chi connectivity index (χ2v) is 10.9. The monoisotopic (exact) mass is 492 g/mol. The van der Waals surface area contributed by atoms with E-state index in [0.29, 0.717) is 17.7 Å². The van der Waals surface area contributed by atoms with Crippen molar-refractivity contribution in [3.63, 3.8) is 0 Å². The van der Waals surface area contributed by atoms with E-state index in [1.165, 1.54) is 18.9 Å². The highest BCUT2D eigenvalue weighted by molar-refractivity contribution is 7.99. The van der Waals surface area contributed by atoms with E-state index in [1.54, 1.807) is 24.3 Å². The Hall–Kier alpha value is -2.55. The zero-order valence-corrected chi connectivity index (χ0v) is 21.7. The molecule has 1 aliphatic heterocycles. The van der Waals surface area contributed by atoms with E-state index in [0.717, 1.165) is 4.90 Å². The standard InChI is InChI=1S/C25H36N2O6S/c1-17(2)14-19(15-34-16-21(29)33-24(3,4)5)26-22(30)25(18-10-8-7-9-11-18)13-12-20(28)27(25)23(31)32-6/h7-11,17,19H,12-16H2,1-6H3,(H,26,30)/t19-,25-/m0/s1. The Labute approximate surface area is 206 Å². The summed E-state index contributed by atoms with van der Waals surface area (Å²) in [6, 6.07) is 8.56. The van der Waals surface area contributed by atoms with Gasteiger partial charge in [0.2, 0.25) is 5.91 Å². The molecule has 3 amide bonds. The largest absolute Gasteiger partial charge is 0.459 e. The summed E-state index contributed by atoms with van der Waals surface area (Å²) in [7, 11) is 1.19. The average molecular weight is 493 g/mol. The maximum Gasteiger partial charge on any atom is 0.417 e. The van der Waals surface area contributed by atoms with Gasteiger partial charge in [-0.15, -0.1) is 11.8 Å². The lowest BCUT2D eigenvalue weighted by molar-refractivity contribution is -0.151. The summed E-state index contributed by atoms with van der Waals surface area (Å²) in [6.07, 6.45) is 0.0289. The number of methoxy groups -OCH3 is 1. The summed E-state index contributed by atoms with van der Waals surface area (Å²) in [5.74, 6) is -0.268. The molecule has 1 N–H and O–H groups in total. The number of esters is 1. The van der Waals surface area contributed by atoms with Crippen molar-refractivity contribution in [2.24, 2.45) is 5.92 Å². The fourth-order valence-corrected chi connectivity index (χ4v) is 4.95. The second kappa shape index (κ2) is 11.7. The number of nitrogens with zero attached hydrogens (tertiary/aromatic N) is 1. The molecule has 0 saturated carbocycles. The van der Waals surface area contributed by atoms with Gasteiger partial charge in [0.05, 0.1) is 12.9 Å². The highest BCUT2D eigenvalue weighted by atomic mass is 32.2. The molecular weight excluding hydrogens is 456 g/mol. The number of thioether (sulfide) groups is 1. The van der Waals surface area contributed by atoms with Crippen LogP contribution in [0.25, 0.3) is 0 Å². The predicted molar refractivity (Wildman–Crippen MR) is 131 cm³/mol. The minimum absolute atomic E-state index is 0.0552. The van der Waals surface area contributed by atoms with Crippen LogP contribution in [-0.2, 0) is 29.4 Å². The summed E-state index contributed by atoms with van der Waals surface area (Å²) in [6.45, 7) is 9.54. The van der Waals surface area contributed by atoms with E-state index >= 15 is 0 Å². The van der Waals surface area contributed by atoms with E-state index < -0.39 is 29.0 Å². The van der Waals surface area contributed by atoms with Gasteiger partial charge in [0.15, 0.2) is 5.54 Å². The highest BCUT2D eigenvalue weighted by Gasteiger charge is 2.56. The number of imide groups is 1. The molecule has 2 rings (SSSR count). The summed E-state index contributed by atoms with van der Waals surface area (Å²) in [5, 5.41) is 3.07. The molecule has 0 bridgehead atoms. The second-order valence-electron chi connectivity index (χ2n) is 9.83. The Morgan fingerprint density at radius 3 is 2.38 bits per heavy atom. The zero-order valence-electron chi connectivity index (χ0n) is 20.9. The van der Waals surface area contributed by atoms with Gasteiger partial charge in [-0.3, -0.25) is 14.4 Å². The fraction of sp³-hybridized carbons (Fsp3) is 0.600. The topological polar surface area (TPSA) is 102 Å². The van der Waals surface area contributed by atoms with Gasteiger partial charge in [0, 0.05) is 18.2 Å². The number of benzene rings is 1. The van der Waals surface area contributed by atoms with Gasteiger partial charge in [0.25, 0.3) is 5.91 Å². The van der Waals surface area contributed by atoms with E-state index in [4.69, 9.17) is 9.47 Å². The molecule has 8 nitrogen and oxygen atoms in total. The Kier molecular flexibility index (Phi) is 9.55. The predicted octanol–water partition coefficient (Wildman–Crippen LogP) is 3.88. The van der Waals surface area contributed by atoms with E-state index in [-0.39, 0.29) is 36.5 Å². The maximum absolute atomic E-state index is 13.8. The highest BCUT2D eigenvalue weighted by Crippen LogP contribution is 2.40. The number of nitrogens with one attached hydrogen (secondary N) is 1. The molecule has 0 radical (unpaired) electrons. The van der Waals surface area contributed by atoms with Gasteiger partial charge in [-0.1, -0.05) is 44.2 Å². The van der Waals surface area contributed by atoms with Gasteiger partial charge in [-0.25, -0.2) is 9.69 Å². The minimum Gasteiger partial charge on any atom is -0.459 e. The first-order valence-corrected chi connectivity index (χ1v) is 12.6. The molecule has 0 spiro atoms. The third-order valence-electron chi connectivity index (χ3n) is 5.37. The van der Waals surface area contributed by atoms with Crippen molar-refractivity contribution in [1.82, 2.24) is 10.2 Å². The van der Waals surface area contributed by atoms with Crippen molar-refractivity contribution >= 4 is 35.6 Å². The maximum atomic E-state index is 13.8. The summed E-state index contributed by atoms with van der Waals surface area (Å²) < 4.78 is 10.2. The average Bonchev–Trinajstić information content (AvgIpc) is 3.10. The van der Waals surface area contributed by atoms with Crippen LogP contribution in [0.5, 0.6) is 0 Å². The minimum atomic E-state index is -1.49. The number of carbonyl (C=O) groups is 4. The van der Waals surface area contributed by atoms with Crippen LogP contribution >= 0.6 is 11.8 Å². The molecule has 1 heterocycles. The number of ether oxygens (including phenoxy) is 2. The molecule has 1 aromatic carbocycles. The van der Waals surface area contributed by atoms with Crippen molar-refractivity contribution < 1.29 is 28.7 Å². The number of rotatable bonds is 9. The first kappa shape index (κ1) is 27.7. The number of hydrogen-bond donors (Lipinski definition) is 1. The van der Waals surface area contributed by atoms with Crippen LogP contribution in [0.15, 0.2) is 30.3 Å². The van der Waals surface area contributed by atoms with E-state index in [9.17, 15) is 19.2 Å². The number of carbonyl (C=O) groups excluding carboxylic acids is 4. The van der Waals surface area contributed by atoms with Crippen LogP contribution in [-0.4, -0.2) is 59.0 Å². The Morgan fingerprint density at radius 2 is 1.82 bits per heavy atom. The van der Waals surface area contributed by atoms with Crippen molar-refractivity contribution in [2.45, 2.75) is 71.1 Å². The molecule has 0 aromatic heterocycles. The van der Waals surface area contributed by atoms with Crippen LogP contribution in [0, 0.1) is 5.92 Å².